The summed E-state index contributed by atoms with van der Waals surface area (Å²) in [5.41, 5.74) is 5.31. The van der Waals surface area contributed by atoms with Crippen molar-refractivity contribution in [1.82, 2.24) is 4.90 Å². The minimum atomic E-state index is 0.674. The van der Waals surface area contributed by atoms with Gasteiger partial charge in [-0.25, -0.2) is 0 Å². The Labute approximate surface area is 62.7 Å². The molecule has 2 heteroatoms. The third-order valence-corrected chi connectivity index (χ3v) is 1.87. The van der Waals surface area contributed by atoms with E-state index in [4.69, 9.17) is 5.73 Å². The highest BCUT2D eigenvalue weighted by Gasteiger charge is 2.08. The number of hydrogen-bond acceptors (Lipinski definition) is 2. The van der Waals surface area contributed by atoms with Crippen molar-refractivity contribution in [2.75, 3.05) is 26.2 Å². The average Bonchev–Trinajstić information content (AvgIpc) is 2.41. The van der Waals surface area contributed by atoms with Gasteiger partial charge in [-0.05, 0) is 25.9 Å². The quantitative estimate of drug-likeness (QED) is 0.582. The summed E-state index contributed by atoms with van der Waals surface area (Å²) < 4.78 is 0. The zero-order valence-electron chi connectivity index (χ0n) is 6.42. The topological polar surface area (TPSA) is 29.3 Å². The second kappa shape index (κ2) is 4.47. The van der Waals surface area contributed by atoms with E-state index in [1.807, 2.05) is 6.08 Å². The summed E-state index contributed by atoms with van der Waals surface area (Å²) in [6.45, 7) is 4.31. The maximum Gasteiger partial charge on any atom is 0.0163 e. The Hall–Kier alpha value is -0.340. The molecule has 0 amide bonds. The van der Waals surface area contributed by atoms with Crippen LogP contribution in [0.3, 0.4) is 0 Å². The van der Waals surface area contributed by atoms with E-state index < -0.39 is 0 Å². The van der Waals surface area contributed by atoms with E-state index in [9.17, 15) is 0 Å². The number of rotatable bonds is 3. The molecule has 0 radical (unpaired) electrons. The molecular formula is C8H16N2. The number of hydrogen-bond donors (Lipinski definition) is 1. The third-order valence-electron chi connectivity index (χ3n) is 1.87. The highest BCUT2D eigenvalue weighted by molar-refractivity contribution is 4.86. The van der Waals surface area contributed by atoms with E-state index in [1.54, 1.807) is 0 Å². The molecule has 2 N–H and O–H groups in total. The van der Waals surface area contributed by atoms with Crippen LogP contribution in [0.2, 0.25) is 0 Å². The first kappa shape index (κ1) is 7.76. The predicted octanol–water partition coefficient (Wildman–Crippen LogP) is 0.597. The Morgan fingerprint density at radius 3 is 2.50 bits per heavy atom. The Morgan fingerprint density at radius 1 is 1.20 bits per heavy atom. The van der Waals surface area contributed by atoms with Crippen LogP contribution in [-0.2, 0) is 0 Å². The van der Waals surface area contributed by atoms with Crippen molar-refractivity contribution < 1.29 is 0 Å². The summed E-state index contributed by atoms with van der Waals surface area (Å²) in [5, 5.41) is 0. The van der Waals surface area contributed by atoms with Crippen molar-refractivity contribution in [3.05, 3.63) is 12.2 Å². The Morgan fingerprint density at radius 2 is 1.90 bits per heavy atom. The Bertz CT molecular complexity index is 104. The van der Waals surface area contributed by atoms with Crippen LogP contribution in [0.5, 0.6) is 0 Å². The van der Waals surface area contributed by atoms with Gasteiger partial charge < -0.3 is 5.73 Å². The molecule has 0 unspecified atom stereocenters. The SMILES string of the molecule is NC/C=C/CN1CCCC1. The summed E-state index contributed by atoms with van der Waals surface area (Å²) >= 11 is 0. The lowest BCUT2D eigenvalue weighted by atomic mass is 10.4. The monoisotopic (exact) mass is 140 g/mol. The predicted molar refractivity (Wildman–Crippen MR) is 43.9 cm³/mol. The molecule has 0 aromatic heterocycles. The van der Waals surface area contributed by atoms with Crippen molar-refractivity contribution in [3.63, 3.8) is 0 Å². The normalized spacial score (nSPS) is 20.9. The molecular weight excluding hydrogens is 124 g/mol. The van der Waals surface area contributed by atoms with Crippen molar-refractivity contribution in [1.29, 1.82) is 0 Å². The molecule has 1 aliphatic rings. The Balaban J connectivity index is 2.06. The lowest BCUT2D eigenvalue weighted by Gasteiger charge is -2.09. The van der Waals surface area contributed by atoms with Gasteiger partial charge in [0.15, 0.2) is 0 Å². The third kappa shape index (κ3) is 2.50. The summed E-state index contributed by atoms with van der Waals surface area (Å²) in [7, 11) is 0. The molecule has 1 fully saturated rings. The van der Waals surface area contributed by atoms with Gasteiger partial charge in [0.2, 0.25) is 0 Å². The molecule has 1 heterocycles. The van der Waals surface area contributed by atoms with Gasteiger partial charge in [-0.1, -0.05) is 12.2 Å². The molecule has 0 saturated carbocycles. The molecule has 1 saturated heterocycles. The van der Waals surface area contributed by atoms with Crippen LogP contribution < -0.4 is 5.73 Å². The molecule has 0 bridgehead atoms. The van der Waals surface area contributed by atoms with E-state index in [0.29, 0.717) is 6.54 Å². The molecule has 2 nitrogen and oxygen atoms in total. The first-order valence-electron chi connectivity index (χ1n) is 4.01. The second-order valence-corrected chi connectivity index (χ2v) is 2.71. The van der Waals surface area contributed by atoms with Crippen LogP contribution in [0.25, 0.3) is 0 Å². The average molecular weight is 140 g/mol. The molecule has 0 aromatic rings. The molecule has 1 aliphatic heterocycles. The highest BCUT2D eigenvalue weighted by Crippen LogP contribution is 2.05. The van der Waals surface area contributed by atoms with Crippen LogP contribution >= 0.6 is 0 Å². The summed E-state index contributed by atoms with van der Waals surface area (Å²) in [4.78, 5) is 2.45. The maximum absolute atomic E-state index is 5.31. The van der Waals surface area contributed by atoms with Crippen molar-refractivity contribution in [2.45, 2.75) is 12.8 Å². The molecule has 0 spiro atoms. The minimum Gasteiger partial charge on any atom is -0.327 e. The van der Waals surface area contributed by atoms with E-state index in [1.165, 1.54) is 25.9 Å². The fraction of sp³-hybridized carbons (Fsp3) is 0.750. The smallest absolute Gasteiger partial charge is 0.0163 e. The van der Waals surface area contributed by atoms with Gasteiger partial charge in [-0.2, -0.15) is 0 Å². The largest absolute Gasteiger partial charge is 0.327 e. The molecule has 0 aliphatic carbocycles. The number of nitrogens with zero attached hydrogens (tertiary/aromatic N) is 1. The zero-order valence-corrected chi connectivity index (χ0v) is 6.42. The minimum absolute atomic E-state index is 0.674. The van der Waals surface area contributed by atoms with E-state index in [0.717, 1.165) is 6.54 Å². The maximum atomic E-state index is 5.31. The van der Waals surface area contributed by atoms with Crippen LogP contribution in [0.4, 0.5) is 0 Å². The second-order valence-electron chi connectivity index (χ2n) is 2.71. The van der Waals surface area contributed by atoms with Crippen LogP contribution in [0.1, 0.15) is 12.8 Å². The summed E-state index contributed by atoms with van der Waals surface area (Å²) in [6.07, 6.45) is 6.93. The summed E-state index contributed by atoms with van der Waals surface area (Å²) in [5.74, 6) is 0. The first-order chi connectivity index (χ1) is 4.93. The lowest BCUT2D eigenvalue weighted by Crippen LogP contribution is -2.18. The van der Waals surface area contributed by atoms with Gasteiger partial charge >= 0.3 is 0 Å². The van der Waals surface area contributed by atoms with E-state index >= 15 is 0 Å². The van der Waals surface area contributed by atoms with Crippen molar-refractivity contribution in [3.8, 4) is 0 Å². The van der Waals surface area contributed by atoms with Gasteiger partial charge in [-0.15, -0.1) is 0 Å². The van der Waals surface area contributed by atoms with Crippen molar-refractivity contribution >= 4 is 0 Å². The van der Waals surface area contributed by atoms with Crippen LogP contribution in [0.15, 0.2) is 12.2 Å². The lowest BCUT2D eigenvalue weighted by molar-refractivity contribution is 0.377. The van der Waals surface area contributed by atoms with Gasteiger partial charge in [0, 0.05) is 13.1 Å². The van der Waals surface area contributed by atoms with E-state index in [2.05, 4.69) is 11.0 Å². The molecule has 1 rings (SSSR count). The standard InChI is InChI=1S/C8H16N2/c9-5-1-2-6-10-7-3-4-8-10/h1-2H,3-9H2/b2-1+. The van der Waals surface area contributed by atoms with Gasteiger partial charge in [0.05, 0.1) is 0 Å². The fourth-order valence-corrected chi connectivity index (χ4v) is 1.29. The molecule has 58 valence electrons. The zero-order chi connectivity index (χ0) is 7.23. The molecule has 0 atom stereocenters. The summed E-state index contributed by atoms with van der Waals surface area (Å²) in [6, 6.07) is 0. The molecule has 0 aromatic carbocycles. The molecule has 10 heavy (non-hydrogen) atoms. The fourth-order valence-electron chi connectivity index (χ4n) is 1.29. The van der Waals surface area contributed by atoms with Crippen LogP contribution in [0, 0.1) is 0 Å². The number of likely N-dealkylation sites (tertiary alicyclic amines) is 1. The highest BCUT2D eigenvalue weighted by atomic mass is 15.1. The van der Waals surface area contributed by atoms with Gasteiger partial charge in [-0.3, -0.25) is 4.90 Å². The van der Waals surface area contributed by atoms with E-state index in [-0.39, 0.29) is 0 Å². The first-order valence-corrected chi connectivity index (χ1v) is 4.01. The Kier molecular flexibility index (Phi) is 3.47. The number of nitrogens with two attached hydrogens (primary N) is 1. The van der Waals surface area contributed by atoms with Crippen molar-refractivity contribution in [2.24, 2.45) is 5.73 Å². The van der Waals surface area contributed by atoms with Gasteiger partial charge in [0.1, 0.15) is 0 Å². The van der Waals surface area contributed by atoms with Gasteiger partial charge in [0.25, 0.3) is 0 Å². The van der Waals surface area contributed by atoms with Crippen LogP contribution in [-0.4, -0.2) is 31.1 Å².